The zero-order valence-electron chi connectivity index (χ0n) is 18.6. The van der Waals surface area contributed by atoms with Crippen molar-refractivity contribution in [2.45, 2.75) is 32.6 Å². The van der Waals surface area contributed by atoms with Crippen molar-refractivity contribution in [1.82, 2.24) is 25.2 Å². The summed E-state index contributed by atoms with van der Waals surface area (Å²) in [5.74, 6) is 0.782. The minimum atomic E-state index is -0.153. The normalized spacial score (nSPS) is 13.4. The van der Waals surface area contributed by atoms with Gasteiger partial charge in [0.15, 0.2) is 5.65 Å². The van der Waals surface area contributed by atoms with Crippen LogP contribution in [0.15, 0.2) is 60.0 Å². The third-order valence-electron chi connectivity index (χ3n) is 5.51. The standard InChI is InChI=1S/C24H26BClN6O/c1-16-8-2-5-11-20(16)31-24(33)28-13-7-6-12-27-22-14-21(17-9-3-4-10-19(17)26)30-23-18(25)15-29-32(22)23/h2-4,8-10,14-15,27H,5-7,11-13H2,1H3,(H2,28,31,33). The van der Waals surface area contributed by atoms with E-state index < -0.39 is 0 Å². The quantitative estimate of drug-likeness (QED) is 0.351. The number of benzene rings is 1. The van der Waals surface area contributed by atoms with Crippen LogP contribution in [0.1, 0.15) is 32.6 Å². The fourth-order valence-corrected chi connectivity index (χ4v) is 3.94. The molecule has 1 aliphatic rings. The number of carbonyl (C=O) groups excluding carboxylic acids is 1. The van der Waals surface area contributed by atoms with Gasteiger partial charge in [0.1, 0.15) is 13.7 Å². The van der Waals surface area contributed by atoms with Crippen molar-refractivity contribution < 1.29 is 4.79 Å². The number of hydrogen-bond donors (Lipinski definition) is 3. The van der Waals surface area contributed by atoms with E-state index in [1.165, 1.54) is 0 Å². The summed E-state index contributed by atoms with van der Waals surface area (Å²) in [4.78, 5) is 16.8. The Morgan fingerprint density at radius 1 is 1.24 bits per heavy atom. The number of hydrogen-bond acceptors (Lipinski definition) is 4. The van der Waals surface area contributed by atoms with Gasteiger partial charge in [0.2, 0.25) is 0 Å². The fraction of sp³-hybridized carbons (Fsp3) is 0.292. The van der Waals surface area contributed by atoms with Crippen molar-refractivity contribution in [3.8, 4) is 11.3 Å². The Balaban J connectivity index is 1.32. The first-order valence-corrected chi connectivity index (χ1v) is 11.4. The largest absolute Gasteiger partial charge is 0.370 e. The van der Waals surface area contributed by atoms with Gasteiger partial charge in [-0.15, -0.1) is 0 Å². The summed E-state index contributed by atoms with van der Waals surface area (Å²) in [5, 5.41) is 14.2. The molecule has 2 amide bonds. The number of aromatic nitrogens is 3. The number of nitrogens with one attached hydrogen (secondary N) is 3. The molecule has 1 aromatic carbocycles. The number of amides is 2. The molecule has 0 aliphatic heterocycles. The molecule has 33 heavy (non-hydrogen) atoms. The van der Waals surface area contributed by atoms with Crippen molar-refractivity contribution in [2.24, 2.45) is 0 Å². The lowest BCUT2D eigenvalue weighted by Crippen LogP contribution is -2.36. The Bertz CT molecular complexity index is 1220. The Morgan fingerprint density at radius 3 is 2.88 bits per heavy atom. The molecule has 9 heteroatoms. The van der Waals surface area contributed by atoms with E-state index in [9.17, 15) is 4.79 Å². The van der Waals surface area contributed by atoms with E-state index in [4.69, 9.17) is 19.4 Å². The van der Waals surface area contributed by atoms with E-state index in [1.807, 2.05) is 43.3 Å². The summed E-state index contributed by atoms with van der Waals surface area (Å²) < 4.78 is 1.69. The summed E-state index contributed by atoms with van der Waals surface area (Å²) in [6.45, 7) is 3.32. The van der Waals surface area contributed by atoms with Crippen LogP contribution >= 0.6 is 11.6 Å². The van der Waals surface area contributed by atoms with Crippen molar-refractivity contribution >= 4 is 42.4 Å². The average Bonchev–Trinajstić information content (AvgIpc) is 3.18. The van der Waals surface area contributed by atoms with Crippen LogP contribution in [-0.2, 0) is 0 Å². The first kappa shape index (κ1) is 22.9. The van der Waals surface area contributed by atoms with Crippen LogP contribution < -0.4 is 21.4 Å². The zero-order valence-corrected chi connectivity index (χ0v) is 19.3. The van der Waals surface area contributed by atoms with E-state index in [0.29, 0.717) is 29.2 Å². The van der Waals surface area contributed by atoms with Crippen molar-refractivity contribution in [2.75, 3.05) is 18.4 Å². The predicted octanol–water partition coefficient (Wildman–Crippen LogP) is 3.96. The van der Waals surface area contributed by atoms with Gasteiger partial charge in [0.05, 0.1) is 5.69 Å². The molecule has 2 heterocycles. The second-order valence-electron chi connectivity index (χ2n) is 7.96. The minimum Gasteiger partial charge on any atom is -0.370 e. The van der Waals surface area contributed by atoms with Gasteiger partial charge in [0, 0.05) is 41.6 Å². The van der Waals surface area contributed by atoms with Crippen LogP contribution in [0.3, 0.4) is 0 Å². The number of allylic oxidation sites excluding steroid dienone is 4. The second-order valence-corrected chi connectivity index (χ2v) is 8.37. The molecule has 7 nitrogen and oxygen atoms in total. The number of anilines is 1. The molecule has 3 aromatic rings. The number of rotatable bonds is 8. The molecular formula is C24H26BClN6O. The topological polar surface area (TPSA) is 83.3 Å². The molecule has 0 spiro atoms. The van der Waals surface area contributed by atoms with Crippen LogP contribution in [0.25, 0.3) is 16.9 Å². The minimum absolute atomic E-state index is 0.153. The molecule has 1 aliphatic carbocycles. The molecule has 0 saturated carbocycles. The van der Waals surface area contributed by atoms with Crippen LogP contribution in [0.4, 0.5) is 10.6 Å². The Morgan fingerprint density at radius 2 is 2.06 bits per heavy atom. The predicted molar refractivity (Wildman–Crippen MR) is 134 cm³/mol. The van der Waals surface area contributed by atoms with Gasteiger partial charge in [-0.3, -0.25) is 0 Å². The maximum absolute atomic E-state index is 12.1. The summed E-state index contributed by atoms with van der Waals surface area (Å²) >= 11 is 6.37. The first-order chi connectivity index (χ1) is 16.0. The number of nitrogens with zero attached hydrogens (tertiary/aromatic N) is 3. The Labute approximate surface area is 199 Å². The summed E-state index contributed by atoms with van der Waals surface area (Å²) in [5.41, 5.74) is 4.74. The number of carbonyl (C=O) groups is 1. The highest BCUT2D eigenvalue weighted by atomic mass is 35.5. The smallest absolute Gasteiger partial charge is 0.318 e. The summed E-state index contributed by atoms with van der Waals surface area (Å²) in [6, 6.07) is 9.33. The second kappa shape index (κ2) is 10.6. The van der Waals surface area contributed by atoms with Crippen LogP contribution in [0.2, 0.25) is 5.02 Å². The van der Waals surface area contributed by atoms with E-state index in [0.717, 1.165) is 54.0 Å². The van der Waals surface area contributed by atoms with Gasteiger partial charge in [0.25, 0.3) is 0 Å². The number of halogens is 1. The Hall–Kier alpha value is -3.26. The highest BCUT2D eigenvalue weighted by molar-refractivity contribution is 6.36. The monoisotopic (exact) mass is 460 g/mol. The van der Waals surface area contributed by atoms with Gasteiger partial charge in [-0.25, -0.2) is 9.78 Å². The molecule has 4 rings (SSSR count). The molecule has 0 fully saturated rings. The summed E-state index contributed by atoms with van der Waals surface area (Å²) in [6.07, 6.45) is 9.29. The lowest BCUT2D eigenvalue weighted by atomic mass is 10.0. The molecular weight excluding hydrogens is 435 g/mol. The third kappa shape index (κ3) is 5.57. The fourth-order valence-electron chi connectivity index (χ4n) is 3.71. The zero-order chi connectivity index (χ0) is 23.2. The lowest BCUT2D eigenvalue weighted by Gasteiger charge is -2.15. The van der Waals surface area contributed by atoms with Gasteiger partial charge in [-0.05, 0) is 49.7 Å². The van der Waals surface area contributed by atoms with Crippen LogP contribution in [0, 0.1) is 0 Å². The van der Waals surface area contributed by atoms with Gasteiger partial charge < -0.3 is 16.0 Å². The van der Waals surface area contributed by atoms with E-state index in [1.54, 1.807) is 10.7 Å². The average molecular weight is 461 g/mol. The van der Waals surface area contributed by atoms with Crippen molar-refractivity contribution in [3.63, 3.8) is 0 Å². The molecule has 0 atom stereocenters. The molecule has 0 saturated heterocycles. The van der Waals surface area contributed by atoms with Crippen LogP contribution in [0.5, 0.6) is 0 Å². The van der Waals surface area contributed by atoms with E-state index in [-0.39, 0.29) is 6.03 Å². The van der Waals surface area contributed by atoms with E-state index >= 15 is 0 Å². The number of urea groups is 1. The highest BCUT2D eigenvalue weighted by Crippen LogP contribution is 2.28. The molecule has 168 valence electrons. The lowest BCUT2D eigenvalue weighted by molar-refractivity contribution is 0.242. The van der Waals surface area contributed by atoms with Crippen molar-refractivity contribution in [1.29, 1.82) is 0 Å². The molecule has 2 radical (unpaired) electrons. The molecule has 0 unspecified atom stereocenters. The molecule has 3 N–H and O–H groups in total. The SMILES string of the molecule is [B]c1cnn2c(NCCCCNC(=O)NC3=C(C)C=CCC3)cc(-c3ccccc3Cl)nc12. The molecule has 2 aromatic heterocycles. The van der Waals surface area contributed by atoms with Crippen LogP contribution in [-0.4, -0.2) is 41.6 Å². The number of unbranched alkanes of at least 4 members (excludes halogenated alkanes) is 1. The third-order valence-corrected chi connectivity index (χ3v) is 5.84. The van der Waals surface area contributed by atoms with Gasteiger partial charge >= 0.3 is 6.03 Å². The molecule has 0 bridgehead atoms. The van der Waals surface area contributed by atoms with Gasteiger partial charge in [-0.1, -0.05) is 42.0 Å². The maximum atomic E-state index is 12.1. The van der Waals surface area contributed by atoms with Crippen molar-refractivity contribution in [3.05, 3.63) is 65.0 Å². The highest BCUT2D eigenvalue weighted by Gasteiger charge is 2.12. The Kier molecular flexibility index (Phi) is 7.34. The van der Waals surface area contributed by atoms with E-state index in [2.05, 4.69) is 32.1 Å². The first-order valence-electron chi connectivity index (χ1n) is 11.1. The van der Waals surface area contributed by atoms with Gasteiger partial charge in [-0.2, -0.15) is 9.61 Å². The maximum Gasteiger partial charge on any atom is 0.318 e. The number of fused-ring (bicyclic) bond motifs is 1. The summed E-state index contributed by atoms with van der Waals surface area (Å²) in [7, 11) is 6.07.